The van der Waals surface area contributed by atoms with Gasteiger partial charge in [0.05, 0.1) is 0 Å². The quantitative estimate of drug-likeness (QED) is 0.847. The molecule has 0 spiro atoms. The predicted octanol–water partition coefficient (Wildman–Crippen LogP) is 2.23. The minimum absolute atomic E-state index is 0.137. The lowest BCUT2D eigenvalue weighted by atomic mass is 10.0. The maximum atomic E-state index is 12.0. The molecule has 3 N–H and O–H groups in total. The van der Waals surface area contributed by atoms with Crippen molar-refractivity contribution in [2.45, 2.75) is 32.7 Å². The van der Waals surface area contributed by atoms with Crippen molar-refractivity contribution in [3.05, 3.63) is 29.8 Å². The highest BCUT2D eigenvalue weighted by atomic mass is 19.4. The Labute approximate surface area is 121 Å². The van der Waals surface area contributed by atoms with E-state index in [1.54, 1.807) is 13.8 Å². The zero-order valence-corrected chi connectivity index (χ0v) is 11.9. The molecule has 4 nitrogen and oxygen atoms in total. The first-order valence-corrected chi connectivity index (χ1v) is 6.57. The van der Waals surface area contributed by atoms with Gasteiger partial charge in [-0.3, -0.25) is 4.79 Å². The molecular formula is C14H19F3N2O2. The van der Waals surface area contributed by atoms with Gasteiger partial charge in [-0.15, -0.1) is 13.2 Å². The lowest BCUT2D eigenvalue weighted by Gasteiger charge is -2.15. The molecule has 0 bridgehead atoms. The fourth-order valence-electron chi connectivity index (χ4n) is 1.59. The van der Waals surface area contributed by atoms with Crippen LogP contribution in [0.2, 0.25) is 0 Å². The Morgan fingerprint density at radius 2 is 1.86 bits per heavy atom. The van der Waals surface area contributed by atoms with Crippen LogP contribution in [0.3, 0.4) is 0 Å². The molecule has 1 aromatic carbocycles. The van der Waals surface area contributed by atoms with Gasteiger partial charge in [0, 0.05) is 18.5 Å². The molecule has 2 unspecified atom stereocenters. The average molecular weight is 304 g/mol. The molecule has 0 saturated heterocycles. The third-order valence-corrected chi connectivity index (χ3v) is 3.07. The molecule has 7 heteroatoms. The summed E-state index contributed by atoms with van der Waals surface area (Å²) in [6, 6.07) is 5.32. The first-order valence-electron chi connectivity index (χ1n) is 6.57. The number of hydrogen-bond acceptors (Lipinski definition) is 3. The Bertz CT molecular complexity index is 458. The summed E-state index contributed by atoms with van der Waals surface area (Å²) in [6.07, 6.45) is -4.17. The van der Waals surface area contributed by atoms with Crippen molar-refractivity contribution in [1.29, 1.82) is 0 Å². The Morgan fingerprint density at radius 3 is 2.33 bits per heavy atom. The Kier molecular flexibility index (Phi) is 6.02. The van der Waals surface area contributed by atoms with Crippen LogP contribution in [0, 0.1) is 5.92 Å². The van der Waals surface area contributed by atoms with Crippen molar-refractivity contribution >= 4 is 5.91 Å². The molecule has 0 aliphatic heterocycles. The van der Waals surface area contributed by atoms with E-state index in [0.29, 0.717) is 13.0 Å². The van der Waals surface area contributed by atoms with E-state index in [4.69, 9.17) is 5.73 Å². The molecular weight excluding hydrogens is 285 g/mol. The largest absolute Gasteiger partial charge is 0.573 e. The van der Waals surface area contributed by atoms with Crippen LogP contribution in [-0.4, -0.2) is 24.9 Å². The molecule has 1 amide bonds. The lowest BCUT2D eigenvalue weighted by Crippen LogP contribution is -2.39. The lowest BCUT2D eigenvalue weighted by molar-refractivity contribution is -0.274. The number of nitrogens with two attached hydrogens (primary N) is 1. The van der Waals surface area contributed by atoms with E-state index in [9.17, 15) is 18.0 Å². The second kappa shape index (κ2) is 7.31. The monoisotopic (exact) mass is 304 g/mol. The number of alkyl halides is 3. The van der Waals surface area contributed by atoms with Crippen LogP contribution in [0.4, 0.5) is 13.2 Å². The van der Waals surface area contributed by atoms with E-state index in [0.717, 1.165) is 5.56 Å². The van der Waals surface area contributed by atoms with Crippen LogP contribution in [0.5, 0.6) is 5.75 Å². The van der Waals surface area contributed by atoms with Crippen LogP contribution >= 0.6 is 0 Å². The van der Waals surface area contributed by atoms with Gasteiger partial charge < -0.3 is 15.8 Å². The van der Waals surface area contributed by atoms with Crippen molar-refractivity contribution < 1.29 is 22.7 Å². The summed E-state index contributed by atoms with van der Waals surface area (Å²) in [5.74, 6) is -0.685. The van der Waals surface area contributed by atoms with E-state index >= 15 is 0 Å². The molecule has 0 aliphatic carbocycles. The first-order chi connectivity index (χ1) is 9.69. The molecule has 118 valence electrons. The van der Waals surface area contributed by atoms with Gasteiger partial charge in [-0.05, 0) is 31.0 Å². The molecule has 1 aromatic rings. The van der Waals surface area contributed by atoms with Crippen LogP contribution in [-0.2, 0) is 11.2 Å². The SMILES string of the molecule is CC(N)C(C)C(=O)NCCc1ccc(OC(F)(F)F)cc1. The van der Waals surface area contributed by atoms with Crippen molar-refractivity contribution in [3.8, 4) is 5.75 Å². The molecule has 0 aliphatic rings. The van der Waals surface area contributed by atoms with Crippen molar-refractivity contribution in [2.24, 2.45) is 11.7 Å². The number of hydrogen-bond donors (Lipinski definition) is 2. The minimum Gasteiger partial charge on any atom is -0.406 e. The first kappa shape index (κ1) is 17.3. The molecule has 0 saturated carbocycles. The third-order valence-electron chi connectivity index (χ3n) is 3.07. The number of nitrogens with one attached hydrogen (secondary N) is 1. The Morgan fingerprint density at radius 1 is 1.29 bits per heavy atom. The number of carbonyl (C=O) groups is 1. The highest BCUT2D eigenvalue weighted by Gasteiger charge is 2.30. The summed E-state index contributed by atoms with van der Waals surface area (Å²) in [4.78, 5) is 11.6. The van der Waals surface area contributed by atoms with Crippen molar-refractivity contribution in [1.82, 2.24) is 5.32 Å². The molecule has 0 radical (unpaired) electrons. The van der Waals surface area contributed by atoms with Crippen molar-refractivity contribution in [2.75, 3.05) is 6.54 Å². The molecule has 0 aromatic heterocycles. The summed E-state index contributed by atoms with van der Waals surface area (Å²) in [6.45, 7) is 3.89. The normalized spacial score (nSPS) is 14.4. The Balaban J connectivity index is 2.41. The number of carbonyl (C=O) groups excluding carboxylic acids is 1. The van der Waals surface area contributed by atoms with Gasteiger partial charge in [-0.25, -0.2) is 0 Å². The summed E-state index contributed by atoms with van der Waals surface area (Å²) in [7, 11) is 0. The minimum atomic E-state index is -4.69. The van der Waals surface area contributed by atoms with Gasteiger partial charge in [-0.1, -0.05) is 19.1 Å². The van der Waals surface area contributed by atoms with E-state index in [1.807, 2.05) is 0 Å². The standard InChI is InChI=1S/C14H19F3N2O2/c1-9(10(2)18)13(20)19-8-7-11-3-5-12(6-4-11)21-14(15,16)17/h3-6,9-10H,7-8,18H2,1-2H3,(H,19,20). The van der Waals surface area contributed by atoms with Crippen molar-refractivity contribution in [3.63, 3.8) is 0 Å². The van der Waals surface area contributed by atoms with E-state index in [1.165, 1.54) is 24.3 Å². The highest BCUT2D eigenvalue weighted by molar-refractivity contribution is 5.78. The second-order valence-electron chi connectivity index (χ2n) is 4.88. The zero-order valence-electron chi connectivity index (χ0n) is 11.9. The van der Waals surface area contributed by atoms with Crippen LogP contribution < -0.4 is 15.8 Å². The fourth-order valence-corrected chi connectivity index (χ4v) is 1.59. The van der Waals surface area contributed by atoms with Crippen LogP contribution in [0.25, 0.3) is 0 Å². The van der Waals surface area contributed by atoms with Crippen LogP contribution in [0.15, 0.2) is 24.3 Å². The smallest absolute Gasteiger partial charge is 0.406 e. The number of benzene rings is 1. The molecule has 1 rings (SSSR count). The predicted molar refractivity (Wildman–Crippen MR) is 72.7 cm³/mol. The van der Waals surface area contributed by atoms with E-state index < -0.39 is 6.36 Å². The van der Waals surface area contributed by atoms with E-state index in [2.05, 4.69) is 10.1 Å². The molecule has 2 atom stereocenters. The van der Waals surface area contributed by atoms with Gasteiger partial charge >= 0.3 is 6.36 Å². The average Bonchev–Trinajstić information content (AvgIpc) is 2.38. The summed E-state index contributed by atoms with van der Waals surface area (Å²) in [5, 5.41) is 2.73. The van der Waals surface area contributed by atoms with Gasteiger partial charge in [-0.2, -0.15) is 0 Å². The summed E-state index contributed by atoms with van der Waals surface area (Å²) < 4.78 is 39.8. The van der Waals surface area contributed by atoms with Crippen LogP contribution in [0.1, 0.15) is 19.4 Å². The van der Waals surface area contributed by atoms with Gasteiger partial charge in [0.25, 0.3) is 0 Å². The maximum absolute atomic E-state index is 12.0. The molecule has 0 heterocycles. The molecule has 21 heavy (non-hydrogen) atoms. The number of halogens is 3. The summed E-state index contributed by atoms with van der Waals surface area (Å²) in [5.41, 5.74) is 6.42. The van der Waals surface area contributed by atoms with Gasteiger partial charge in [0.2, 0.25) is 5.91 Å². The molecule has 0 fully saturated rings. The maximum Gasteiger partial charge on any atom is 0.573 e. The summed E-state index contributed by atoms with van der Waals surface area (Å²) >= 11 is 0. The second-order valence-corrected chi connectivity index (χ2v) is 4.88. The van der Waals surface area contributed by atoms with E-state index in [-0.39, 0.29) is 23.6 Å². The Hall–Kier alpha value is -1.76. The highest BCUT2D eigenvalue weighted by Crippen LogP contribution is 2.22. The number of ether oxygens (including phenoxy) is 1. The zero-order chi connectivity index (χ0) is 16.0. The number of amides is 1. The topological polar surface area (TPSA) is 64.4 Å². The fraction of sp³-hybridized carbons (Fsp3) is 0.500. The van der Waals surface area contributed by atoms with Gasteiger partial charge in [0.15, 0.2) is 0 Å². The third kappa shape index (κ3) is 6.48. The number of rotatable bonds is 6. The van der Waals surface area contributed by atoms with Gasteiger partial charge in [0.1, 0.15) is 5.75 Å².